The molecule has 0 unspecified atom stereocenters. The molecule has 2 aromatic carbocycles. The van der Waals surface area contributed by atoms with E-state index in [2.05, 4.69) is 5.32 Å². The Morgan fingerprint density at radius 1 is 1.14 bits per heavy atom. The maximum Gasteiger partial charge on any atom is 0.411 e. The van der Waals surface area contributed by atoms with Gasteiger partial charge in [-0.05, 0) is 29.3 Å². The fourth-order valence-corrected chi connectivity index (χ4v) is 4.01. The molecule has 1 fully saturated rings. The molecule has 1 N–H and O–H groups in total. The van der Waals surface area contributed by atoms with Crippen LogP contribution in [0.2, 0.25) is 0 Å². The molecule has 1 heterocycles. The van der Waals surface area contributed by atoms with E-state index < -0.39 is 22.0 Å². The highest BCUT2D eigenvalue weighted by Gasteiger charge is 2.30. The molecular weight excluding hydrogens is 290 g/mol. The first-order valence-corrected chi connectivity index (χ1v) is 8.51. The van der Waals surface area contributed by atoms with E-state index in [1.54, 1.807) is 6.07 Å². The molecule has 1 aliphatic heterocycles. The number of hydrogen-bond acceptors (Lipinski definition) is 4. The van der Waals surface area contributed by atoms with E-state index in [1.165, 1.54) is 0 Å². The minimum Gasteiger partial charge on any atom is -0.445 e. The Morgan fingerprint density at radius 3 is 2.62 bits per heavy atom. The van der Waals surface area contributed by atoms with Crippen molar-refractivity contribution in [2.24, 2.45) is 0 Å². The Balaban J connectivity index is 1.66. The van der Waals surface area contributed by atoms with E-state index in [1.807, 2.05) is 36.4 Å². The van der Waals surface area contributed by atoms with Crippen molar-refractivity contribution >= 4 is 32.4 Å². The van der Waals surface area contributed by atoms with E-state index in [4.69, 9.17) is 4.74 Å². The lowest BCUT2D eigenvalue weighted by atomic mass is 10.1. The van der Waals surface area contributed by atoms with Crippen LogP contribution >= 0.6 is 0 Å². The third kappa shape index (κ3) is 3.33. The van der Waals surface area contributed by atoms with Crippen LogP contribution in [0.1, 0.15) is 6.42 Å². The topological polar surface area (TPSA) is 72.5 Å². The Labute approximate surface area is 122 Å². The first-order valence-electron chi connectivity index (χ1n) is 6.69. The minimum atomic E-state index is -3.05. The fourth-order valence-electron chi connectivity index (χ4n) is 2.42. The van der Waals surface area contributed by atoms with Crippen molar-refractivity contribution in [1.29, 1.82) is 0 Å². The zero-order chi connectivity index (χ0) is 14.9. The first-order chi connectivity index (χ1) is 10.0. The van der Waals surface area contributed by atoms with Crippen molar-refractivity contribution in [3.63, 3.8) is 0 Å². The van der Waals surface area contributed by atoms with Crippen molar-refractivity contribution in [3.05, 3.63) is 42.5 Å². The number of carbonyl (C=O) groups excluding carboxylic acids is 1. The second kappa shape index (κ2) is 5.37. The summed E-state index contributed by atoms with van der Waals surface area (Å²) in [4.78, 5) is 11.8. The molecule has 0 bridgehead atoms. The van der Waals surface area contributed by atoms with Gasteiger partial charge in [0.25, 0.3) is 0 Å². The molecule has 1 amide bonds. The van der Waals surface area contributed by atoms with Crippen LogP contribution in [-0.2, 0) is 14.6 Å². The Hall–Kier alpha value is -2.08. The van der Waals surface area contributed by atoms with Crippen molar-refractivity contribution in [2.45, 2.75) is 12.5 Å². The van der Waals surface area contributed by atoms with Crippen molar-refractivity contribution < 1.29 is 17.9 Å². The number of anilines is 1. The van der Waals surface area contributed by atoms with Gasteiger partial charge in [-0.2, -0.15) is 0 Å². The van der Waals surface area contributed by atoms with Gasteiger partial charge in [0, 0.05) is 5.69 Å². The van der Waals surface area contributed by atoms with Gasteiger partial charge in [-0.15, -0.1) is 0 Å². The maximum absolute atomic E-state index is 11.8. The number of hydrogen-bond donors (Lipinski definition) is 1. The summed E-state index contributed by atoms with van der Waals surface area (Å²) in [5.41, 5.74) is 0.625. The van der Waals surface area contributed by atoms with Crippen LogP contribution in [0.3, 0.4) is 0 Å². The summed E-state index contributed by atoms with van der Waals surface area (Å²) in [5.74, 6) is -0.000931. The van der Waals surface area contributed by atoms with Crippen LogP contribution in [0.5, 0.6) is 0 Å². The van der Waals surface area contributed by atoms with Crippen molar-refractivity contribution in [2.75, 3.05) is 16.8 Å². The number of benzene rings is 2. The highest BCUT2D eigenvalue weighted by Crippen LogP contribution is 2.20. The van der Waals surface area contributed by atoms with Gasteiger partial charge in [-0.1, -0.05) is 30.3 Å². The molecule has 110 valence electrons. The highest BCUT2D eigenvalue weighted by atomic mass is 32.2. The summed E-state index contributed by atoms with van der Waals surface area (Å²) in [5, 5.41) is 4.73. The third-order valence-corrected chi connectivity index (χ3v) is 5.20. The van der Waals surface area contributed by atoms with Crippen LogP contribution in [0, 0.1) is 0 Å². The predicted octanol–water partition coefficient (Wildman–Crippen LogP) is 2.58. The van der Waals surface area contributed by atoms with E-state index in [9.17, 15) is 13.2 Å². The Kier molecular flexibility index (Phi) is 3.55. The van der Waals surface area contributed by atoms with E-state index in [-0.39, 0.29) is 11.5 Å². The smallest absolute Gasteiger partial charge is 0.411 e. The van der Waals surface area contributed by atoms with Gasteiger partial charge in [0.15, 0.2) is 9.84 Å². The molecule has 3 rings (SSSR count). The summed E-state index contributed by atoms with van der Waals surface area (Å²) in [6, 6.07) is 13.4. The second-order valence-electron chi connectivity index (χ2n) is 5.12. The fraction of sp³-hybridized carbons (Fsp3) is 0.267. The van der Waals surface area contributed by atoms with Gasteiger partial charge >= 0.3 is 6.09 Å². The number of ether oxygens (including phenoxy) is 1. The quantitative estimate of drug-likeness (QED) is 0.925. The number of carbonyl (C=O) groups is 1. The molecule has 5 nitrogen and oxygen atoms in total. The molecule has 2 aromatic rings. The molecule has 1 atom stereocenters. The molecule has 6 heteroatoms. The van der Waals surface area contributed by atoms with Gasteiger partial charge in [0.1, 0.15) is 6.10 Å². The maximum atomic E-state index is 11.8. The third-order valence-electron chi connectivity index (χ3n) is 3.46. The van der Waals surface area contributed by atoms with Crippen LogP contribution < -0.4 is 5.32 Å². The number of rotatable bonds is 2. The summed E-state index contributed by atoms with van der Waals surface area (Å²) in [7, 11) is -3.05. The zero-order valence-corrected chi connectivity index (χ0v) is 12.1. The lowest BCUT2D eigenvalue weighted by Crippen LogP contribution is -2.23. The number of sulfone groups is 1. The molecule has 0 aromatic heterocycles. The minimum absolute atomic E-state index is 0.0842. The van der Waals surface area contributed by atoms with E-state index in [0.29, 0.717) is 12.1 Å². The van der Waals surface area contributed by atoms with Crippen LogP contribution in [0.15, 0.2) is 42.5 Å². The summed E-state index contributed by atoms with van der Waals surface area (Å²) >= 11 is 0. The molecule has 1 aliphatic rings. The van der Waals surface area contributed by atoms with E-state index >= 15 is 0 Å². The zero-order valence-electron chi connectivity index (χ0n) is 11.3. The SMILES string of the molecule is O=C(Nc1ccc2ccccc2c1)O[C@@H]1CCS(=O)(=O)C1. The average molecular weight is 305 g/mol. The van der Waals surface area contributed by atoms with Crippen molar-refractivity contribution in [3.8, 4) is 0 Å². The monoisotopic (exact) mass is 305 g/mol. The summed E-state index contributed by atoms with van der Waals surface area (Å²) in [6.07, 6.45) is -0.796. The lowest BCUT2D eigenvalue weighted by molar-refractivity contribution is 0.124. The Bertz CT molecular complexity index is 785. The normalized spacial score (nSPS) is 20.3. The van der Waals surface area contributed by atoms with Crippen LogP contribution in [0.4, 0.5) is 10.5 Å². The predicted molar refractivity (Wildman–Crippen MR) is 81.1 cm³/mol. The van der Waals surface area contributed by atoms with E-state index in [0.717, 1.165) is 10.8 Å². The van der Waals surface area contributed by atoms with Crippen molar-refractivity contribution in [1.82, 2.24) is 0 Å². The molecule has 0 aliphatic carbocycles. The summed E-state index contributed by atoms with van der Waals surface area (Å²) < 4.78 is 27.8. The molecule has 0 saturated carbocycles. The number of amides is 1. The lowest BCUT2D eigenvalue weighted by Gasteiger charge is -2.11. The number of fused-ring (bicyclic) bond motifs is 1. The Morgan fingerprint density at radius 2 is 1.90 bits per heavy atom. The average Bonchev–Trinajstić information content (AvgIpc) is 2.77. The van der Waals surface area contributed by atoms with Gasteiger partial charge in [-0.25, -0.2) is 13.2 Å². The standard InChI is InChI=1S/C15H15NO4S/c17-15(20-14-7-8-21(18,19)10-14)16-13-6-5-11-3-1-2-4-12(11)9-13/h1-6,9,14H,7-8,10H2,(H,16,17)/t14-/m1/s1. The van der Waals surface area contributed by atoms with Gasteiger partial charge in [0.2, 0.25) is 0 Å². The molecule has 1 saturated heterocycles. The molecular formula is C15H15NO4S. The van der Waals surface area contributed by atoms with Gasteiger partial charge in [-0.3, -0.25) is 5.32 Å². The van der Waals surface area contributed by atoms with Gasteiger partial charge < -0.3 is 4.74 Å². The molecule has 0 radical (unpaired) electrons. The largest absolute Gasteiger partial charge is 0.445 e. The summed E-state index contributed by atoms with van der Waals surface area (Å²) in [6.45, 7) is 0. The molecule has 0 spiro atoms. The first kappa shape index (κ1) is 13.9. The van der Waals surface area contributed by atoms with Crippen LogP contribution in [-0.4, -0.2) is 32.1 Å². The van der Waals surface area contributed by atoms with Crippen LogP contribution in [0.25, 0.3) is 10.8 Å². The van der Waals surface area contributed by atoms with Gasteiger partial charge in [0.05, 0.1) is 11.5 Å². The second-order valence-corrected chi connectivity index (χ2v) is 7.35. The molecule has 21 heavy (non-hydrogen) atoms. The number of nitrogens with one attached hydrogen (secondary N) is 1. The highest BCUT2D eigenvalue weighted by molar-refractivity contribution is 7.91.